The maximum atomic E-state index is 5.63. The normalized spacial score (nSPS) is 14.2. The van der Waals surface area contributed by atoms with Crippen LogP contribution in [0.1, 0.15) is 37.8 Å². The van der Waals surface area contributed by atoms with E-state index in [0.29, 0.717) is 0 Å². The summed E-state index contributed by atoms with van der Waals surface area (Å²) in [4.78, 5) is 0. The highest BCUT2D eigenvalue weighted by molar-refractivity contribution is 5.37. The summed E-state index contributed by atoms with van der Waals surface area (Å²) in [6.07, 6.45) is 3.62. The van der Waals surface area contributed by atoms with Crippen LogP contribution in [-0.4, -0.2) is 6.61 Å². The average molecular weight is 192 g/mol. The molecule has 0 N–H and O–H groups in total. The number of aryl methyl sites for hydroxylation is 2. The Bertz CT molecular complexity index is 279. The maximum absolute atomic E-state index is 5.63. The molecule has 1 heterocycles. The van der Waals surface area contributed by atoms with E-state index in [1.807, 2.05) is 13.8 Å². The van der Waals surface area contributed by atoms with Crippen molar-refractivity contribution in [2.24, 2.45) is 0 Å². The largest absolute Gasteiger partial charge is 0.493 e. The Morgan fingerprint density at radius 3 is 2.71 bits per heavy atom. The first-order chi connectivity index (χ1) is 6.86. The second-order valence-electron chi connectivity index (χ2n) is 3.42. The molecule has 0 aromatic heterocycles. The van der Waals surface area contributed by atoms with Gasteiger partial charge in [0.15, 0.2) is 0 Å². The molecule has 0 fully saturated rings. The number of fused-ring (bicyclic) bond motifs is 1. The predicted molar refractivity (Wildman–Crippen MR) is 61.0 cm³/mol. The lowest BCUT2D eigenvalue weighted by atomic mass is 10.1. The number of benzene rings is 1. The van der Waals surface area contributed by atoms with E-state index < -0.39 is 0 Å². The summed E-state index contributed by atoms with van der Waals surface area (Å²) in [6, 6.07) is 6.49. The molecule has 2 rings (SSSR count). The lowest BCUT2D eigenvalue weighted by molar-refractivity contribution is 0.316. The molecule has 0 unspecified atom stereocenters. The van der Waals surface area contributed by atoms with Crippen molar-refractivity contribution in [2.45, 2.75) is 40.0 Å². The highest BCUT2D eigenvalue weighted by Gasteiger charge is 2.07. The van der Waals surface area contributed by atoms with Gasteiger partial charge in [0.1, 0.15) is 5.75 Å². The maximum Gasteiger partial charge on any atom is 0.122 e. The van der Waals surface area contributed by atoms with Gasteiger partial charge in [0.05, 0.1) is 6.61 Å². The van der Waals surface area contributed by atoms with Gasteiger partial charge in [-0.1, -0.05) is 26.0 Å². The molecular weight excluding hydrogens is 172 g/mol. The molecule has 0 bridgehead atoms. The molecule has 0 saturated carbocycles. The number of hydrogen-bond donors (Lipinski definition) is 0. The van der Waals surface area contributed by atoms with Gasteiger partial charge in [-0.05, 0) is 43.4 Å². The predicted octanol–water partition coefficient (Wildman–Crippen LogP) is 3.74. The van der Waals surface area contributed by atoms with Gasteiger partial charge in [0.2, 0.25) is 0 Å². The summed E-state index contributed by atoms with van der Waals surface area (Å²) < 4.78 is 5.63. The third-order valence-electron chi connectivity index (χ3n) is 2.32. The van der Waals surface area contributed by atoms with Gasteiger partial charge in [0.25, 0.3) is 0 Å². The minimum atomic E-state index is 0.885. The first-order valence-corrected chi connectivity index (χ1v) is 5.58. The van der Waals surface area contributed by atoms with E-state index in [-0.39, 0.29) is 0 Å². The van der Waals surface area contributed by atoms with Crippen LogP contribution in [0.4, 0.5) is 0 Å². The second kappa shape index (κ2) is 5.69. The molecule has 1 aromatic rings. The Morgan fingerprint density at radius 1 is 1.14 bits per heavy atom. The van der Waals surface area contributed by atoms with Crippen molar-refractivity contribution < 1.29 is 4.74 Å². The monoisotopic (exact) mass is 192 g/mol. The van der Waals surface area contributed by atoms with Crippen LogP contribution >= 0.6 is 0 Å². The van der Waals surface area contributed by atoms with E-state index in [9.17, 15) is 0 Å². The Kier molecular flexibility index (Phi) is 4.51. The third-order valence-corrected chi connectivity index (χ3v) is 2.32. The Labute approximate surface area is 87.1 Å². The van der Waals surface area contributed by atoms with Crippen molar-refractivity contribution in [3.63, 3.8) is 0 Å². The SMILES string of the molecule is CC.Cc1ccc2c(c1)OCCCC2. The number of hydrogen-bond acceptors (Lipinski definition) is 1. The van der Waals surface area contributed by atoms with Crippen molar-refractivity contribution in [3.05, 3.63) is 29.3 Å². The summed E-state index contributed by atoms with van der Waals surface area (Å²) in [5.41, 5.74) is 2.66. The van der Waals surface area contributed by atoms with E-state index in [1.54, 1.807) is 0 Å². The van der Waals surface area contributed by atoms with E-state index in [4.69, 9.17) is 4.74 Å². The van der Waals surface area contributed by atoms with Gasteiger partial charge in [0, 0.05) is 0 Å². The van der Waals surface area contributed by atoms with Crippen LogP contribution in [0.3, 0.4) is 0 Å². The van der Waals surface area contributed by atoms with Crippen LogP contribution in [0.2, 0.25) is 0 Å². The van der Waals surface area contributed by atoms with Crippen LogP contribution in [0.15, 0.2) is 18.2 Å². The Morgan fingerprint density at radius 2 is 1.93 bits per heavy atom. The van der Waals surface area contributed by atoms with Crippen molar-refractivity contribution in [1.29, 1.82) is 0 Å². The molecule has 0 radical (unpaired) electrons. The first kappa shape index (κ1) is 11.1. The molecule has 0 spiro atoms. The smallest absolute Gasteiger partial charge is 0.122 e. The summed E-state index contributed by atoms with van der Waals surface area (Å²) >= 11 is 0. The average Bonchev–Trinajstić information content (AvgIpc) is 2.45. The van der Waals surface area contributed by atoms with E-state index in [1.165, 1.54) is 30.4 Å². The standard InChI is InChI=1S/C11H14O.C2H6/c1-9-5-6-10-4-2-3-7-12-11(10)8-9;1-2/h5-6,8H,2-4,7H2,1H3;1-2H3. The summed E-state index contributed by atoms with van der Waals surface area (Å²) in [5, 5.41) is 0. The highest BCUT2D eigenvalue weighted by atomic mass is 16.5. The molecule has 14 heavy (non-hydrogen) atoms. The van der Waals surface area contributed by atoms with Gasteiger partial charge >= 0.3 is 0 Å². The van der Waals surface area contributed by atoms with Crippen LogP contribution in [0.25, 0.3) is 0 Å². The van der Waals surface area contributed by atoms with Crippen LogP contribution in [-0.2, 0) is 6.42 Å². The molecule has 1 heteroatoms. The van der Waals surface area contributed by atoms with Crippen molar-refractivity contribution >= 4 is 0 Å². The van der Waals surface area contributed by atoms with Gasteiger partial charge in [-0.15, -0.1) is 0 Å². The van der Waals surface area contributed by atoms with E-state index in [2.05, 4.69) is 25.1 Å². The fraction of sp³-hybridized carbons (Fsp3) is 0.538. The number of ether oxygens (including phenoxy) is 1. The van der Waals surface area contributed by atoms with Crippen LogP contribution in [0, 0.1) is 6.92 Å². The van der Waals surface area contributed by atoms with Gasteiger partial charge < -0.3 is 4.74 Å². The molecule has 1 aromatic carbocycles. The molecule has 0 saturated heterocycles. The summed E-state index contributed by atoms with van der Waals surface area (Å²) in [7, 11) is 0. The molecule has 0 atom stereocenters. The zero-order valence-corrected chi connectivity index (χ0v) is 9.47. The van der Waals surface area contributed by atoms with Crippen molar-refractivity contribution in [3.8, 4) is 5.75 Å². The van der Waals surface area contributed by atoms with Gasteiger partial charge in [-0.2, -0.15) is 0 Å². The molecule has 0 aliphatic carbocycles. The van der Waals surface area contributed by atoms with Gasteiger partial charge in [-0.3, -0.25) is 0 Å². The zero-order chi connectivity index (χ0) is 10.4. The quantitative estimate of drug-likeness (QED) is 0.608. The topological polar surface area (TPSA) is 9.23 Å². The first-order valence-electron chi connectivity index (χ1n) is 5.58. The van der Waals surface area contributed by atoms with Crippen molar-refractivity contribution in [2.75, 3.05) is 6.61 Å². The molecule has 1 aliphatic rings. The minimum Gasteiger partial charge on any atom is -0.493 e. The lowest BCUT2D eigenvalue weighted by Crippen LogP contribution is -1.94. The Balaban J connectivity index is 0.000000461. The molecule has 1 aliphatic heterocycles. The number of rotatable bonds is 0. The van der Waals surface area contributed by atoms with Crippen LogP contribution < -0.4 is 4.74 Å². The Hall–Kier alpha value is -0.980. The fourth-order valence-electron chi connectivity index (χ4n) is 1.60. The lowest BCUT2D eigenvalue weighted by Gasteiger charge is -2.06. The molecule has 78 valence electrons. The van der Waals surface area contributed by atoms with E-state index in [0.717, 1.165) is 12.4 Å². The third kappa shape index (κ3) is 2.76. The van der Waals surface area contributed by atoms with E-state index >= 15 is 0 Å². The fourth-order valence-corrected chi connectivity index (χ4v) is 1.60. The molecular formula is C13H20O. The highest BCUT2D eigenvalue weighted by Crippen LogP contribution is 2.24. The second-order valence-corrected chi connectivity index (χ2v) is 3.42. The summed E-state index contributed by atoms with van der Waals surface area (Å²) in [5.74, 6) is 1.10. The zero-order valence-electron chi connectivity index (χ0n) is 9.47. The molecule has 0 amide bonds. The van der Waals surface area contributed by atoms with Crippen LogP contribution in [0.5, 0.6) is 5.75 Å². The molecule has 1 nitrogen and oxygen atoms in total. The summed E-state index contributed by atoms with van der Waals surface area (Å²) in [6.45, 7) is 6.99. The minimum absolute atomic E-state index is 0.885. The van der Waals surface area contributed by atoms with Crippen molar-refractivity contribution in [1.82, 2.24) is 0 Å². The van der Waals surface area contributed by atoms with Gasteiger partial charge in [-0.25, -0.2) is 0 Å².